The zero-order valence-corrected chi connectivity index (χ0v) is 8.63. The first-order valence-corrected chi connectivity index (χ1v) is 4.89. The number of hydrogen-bond donors (Lipinski definition) is 1. The van der Waals surface area contributed by atoms with Gasteiger partial charge in [0.05, 0.1) is 6.10 Å². The van der Waals surface area contributed by atoms with Crippen LogP contribution < -0.4 is 10.1 Å². The molecule has 0 saturated heterocycles. The molecular weight excluding hydrogens is 174 g/mol. The van der Waals surface area contributed by atoms with Gasteiger partial charge in [-0.05, 0) is 37.6 Å². The van der Waals surface area contributed by atoms with Gasteiger partial charge in [0.1, 0.15) is 5.75 Å². The summed E-state index contributed by atoms with van der Waals surface area (Å²) in [4.78, 5) is 0. The lowest BCUT2D eigenvalue weighted by atomic mass is 10.1. The molecule has 0 amide bonds. The molecule has 0 radical (unpaired) electrons. The Morgan fingerprint density at radius 2 is 2.21 bits per heavy atom. The summed E-state index contributed by atoms with van der Waals surface area (Å²) in [6.07, 6.45) is 1.13. The minimum absolute atomic E-state index is 0.227. The molecule has 0 aromatic heterocycles. The topological polar surface area (TPSA) is 21.3 Å². The van der Waals surface area contributed by atoms with E-state index in [0.29, 0.717) is 0 Å². The molecule has 0 bridgehead atoms. The summed E-state index contributed by atoms with van der Waals surface area (Å²) >= 11 is 0. The van der Waals surface area contributed by atoms with E-state index in [4.69, 9.17) is 4.74 Å². The molecule has 0 aliphatic carbocycles. The second-order valence-corrected chi connectivity index (χ2v) is 3.89. The van der Waals surface area contributed by atoms with Crippen molar-refractivity contribution in [3.8, 4) is 5.75 Å². The Labute approximate surface area is 84.6 Å². The van der Waals surface area contributed by atoms with Crippen molar-refractivity contribution >= 4 is 5.69 Å². The maximum atomic E-state index is 5.62. The van der Waals surface area contributed by atoms with Gasteiger partial charge in [0.2, 0.25) is 0 Å². The van der Waals surface area contributed by atoms with Crippen molar-refractivity contribution in [1.29, 1.82) is 0 Å². The average molecular weight is 189 g/mol. The van der Waals surface area contributed by atoms with Gasteiger partial charge >= 0.3 is 0 Å². The van der Waals surface area contributed by atoms with Crippen molar-refractivity contribution in [3.05, 3.63) is 36.0 Å². The summed E-state index contributed by atoms with van der Waals surface area (Å²) in [6, 6.07) is 6.12. The second kappa shape index (κ2) is 3.37. The van der Waals surface area contributed by atoms with Crippen LogP contribution in [0, 0.1) is 0 Å². The van der Waals surface area contributed by atoms with Gasteiger partial charge in [0, 0.05) is 17.8 Å². The van der Waals surface area contributed by atoms with Crippen LogP contribution in [0.1, 0.15) is 19.4 Å². The summed E-state index contributed by atoms with van der Waals surface area (Å²) in [7, 11) is 0. The highest BCUT2D eigenvalue weighted by atomic mass is 16.5. The van der Waals surface area contributed by atoms with Crippen LogP contribution in [0.4, 0.5) is 5.69 Å². The Morgan fingerprint density at radius 1 is 1.43 bits per heavy atom. The lowest BCUT2D eigenvalue weighted by Crippen LogP contribution is -2.05. The van der Waals surface area contributed by atoms with Crippen molar-refractivity contribution in [2.75, 3.05) is 5.32 Å². The molecule has 2 heteroatoms. The van der Waals surface area contributed by atoms with Gasteiger partial charge in [0.25, 0.3) is 0 Å². The fourth-order valence-electron chi connectivity index (χ4n) is 1.65. The fraction of sp³-hybridized carbons (Fsp3) is 0.333. The number of rotatable bonds is 2. The number of anilines is 1. The molecule has 14 heavy (non-hydrogen) atoms. The van der Waals surface area contributed by atoms with Crippen LogP contribution in [0.3, 0.4) is 0 Å². The Kier molecular flexibility index (Phi) is 2.20. The third kappa shape index (κ3) is 1.74. The predicted molar refractivity (Wildman–Crippen MR) is 58.7 cm³/mol. The smallest absolute Gasteiger partial charge is 0.120 e. The van der Waals surface area contributed by atoms with E-state index in [1.807, 2.05) is 26.0 Å². The Bertz CT molecular complexity index is 369. The molecule has 1 aliphatic heterocycles. The molecule has 0 unspecified atom stereocenters. The molecule has 1 aromatic rings. The van der Waals surface area contributed by atoms with Gasteiger partial charge in [0.15, 0.2) is 0 Å². The highest BCUT2D eigenvalue weighted by Gasteiger charge is 2.13. The maximum absolute atomic E-state index is 5.62. The van der Waals surface area contributed by atoms with Crippen molar-refractivity contribution in [1.82, 2.24) is 0 Å². The van der Waals surface area contributed by atoms with E-state index in [0.717, 1.165) is 23.6 Å². The Balaban J connectivity index is 2.24. The second-order valence-electron chi connectivity index (χ2n) is 3.89. The van der Waals surface area contributed by atoms with Gasteiger partial charge in [-0.2, -0.15) is 0 Å². The summed E-state index contributed by atoms with van der Waals surface area (Å²) in [5, 5.41) is 3.23. The lowest BCUT2D eigenvalue weighted by Gasteiger charge is -2.10. The zero-order valence-electron chi connectivity index (χ0n) is 8.63. The van der Waals surface area contributed by atoms with Gasteiger partial charge in [-0.15, -0.1) is 0 Å². The molecular formula is C12H15NO. The summed E-state index contributed by atoms with van der Waals surface area (Å²) in [6.45, 7) is 7.97. The first-order valence-electron chi connectivity index (χ1n) is 4.89. The number of benzene rings is 1. The summed E-state index contributed by atoms with van der Waals surface area (Å²) < 4.78 is 5.62. The van der Waals surface area contributed by atoms with E-state index in [2.05, 4.69) is 18.0 Å². The van der Waals surface area contributed by atoms with Gasteiger partial charge in [-0.1, -0.05) is 6.58 Å². The van der Waals surface area contributed by atoms with Crippen LogP contribution in [-0.4, -0.2) is 6.10 Å². The predicted octanol–water partition coefficient (Wildman–Crippen LogP) is 2.96. The van der Waals surface area contributed by atoms with Crippen molar-refractivity contribution in [2.24, 2.45) is 0 Å². The highest BCUT2D eigenvalue weighted by molar-refractivity contribution is 5.63. The minimum Gasteiger partial charge on any atom is -0.491 e. The maximum Gasteiger partial charge on any atom is 0.120 e. The number of ether oxygens (including phenoxy) is 1. The molecule has 2 rings (SSSR count). The Morgan fingerprint density at radius 3 is 2.93 bits per heavy atom. The molecule has 1 aromatic carbocycles. The van der Waals surface area contributed by atoms with Crippen LogP contribution in [0.5, 0.6) is 5.75 Å². The van der Waals surface area contributed by atoms with Gasteiger partial charge in [-0.3, -0.25) is 0 Å². The standard InChI is InChI=1S/C12H15NO/c1-8(2)14-11-4-5-12-10(7-11)6-9(3)13-12/h4-5,7-8,13H,3,6H2,1-2H3. The normalized spacial score (nSPS) is 14.1. The first kappa shape index (κ1) is 9.13. The minimum atomic E-state index is 0.227. The Hall–Kier alpha value is -1.44. The zero-order chi connectivity index (χ0) is 10.1. The molecule has 0 saturated carbocycles. The van der Waals surface area contributed by atoms with E-state index in [9.17, 15) is 0 Å². The molecule has 0 spiro atoms. The van der Waals surface area contributed by atoms with E-state index in [-0.39, 0.29) is 6.10 Å². The summed E-state index contributed by atoms with van der Waals surface area (Å²) in [5.41, 5.74) is 3.49. The molecule has 1 aliphatic rings. The van der Waals surface area contributed by atoms with Gasteiger partial charge < -0.3 is 10.1 Å². The third-order valence-electron chi connectivity index (χ3n) is 2.16. The average Bonchev–Trinajstić information content (AvgIpc) is 2.42. The third-order valence-corrected chi connectivity index (χ3v) is 2.16. The monoisotopic (exact) mass is 189 g/mol. The SMILES string of the molecule is C=C1Cc2cc(OC(C)C)ccc2N1. The van der Waals surface area contributed by atoms with Crippen LogP contribution in [-0.2, 0) is 6.42 Å². The van der Waals surface area contributed by atoms with E-state index in [1.165, 1.54) is 5.56 Å². The first-order chi connectivity index (χ1) is 6.65. The molecule has 1 heterocycles. The lowest BCUT2D eigenvalue weighted by molar-refractivity contribution is 0.242. The number of nitrogens with one attached hydrogen (secondary N) is 1. The van der Waals surface area contributed by atoms with Crippen LogP contribution in [0.15, 0.2) is 30.5 Å². The summed E-state index contributed by atoms with van der Waals surface area (Å²) in [5.74, 6) is 0.940. The van der Waals surface area contributed by atoms with Crippen LogP contribution in [0.25, 0.3) is 0 Å². The van der Waals surface area contributed by atoms with Crippen molar-refractivity contribution < 1.29 is 4.74 Å². The molecule has 0 fully saturated rings. The van der Waals surface area contributed by atoms with Crippen LogP contribution in [0.2, 0.25) is 0 Å². The molecule has 1 N–H and O–H groups in total. The van der Waals surface area contributed by atoms with Crippen molar-refractivity contribution in [2.45, 2.75) is 26.4 Å². The highest BCUT2D eigenvalue weighted by Crippen LogP contribution is 2.30. The fourth-order valence-corrected chi connectivity index (χ4v) is 1.65. The quantitative estimate of drug-likeness (QED) is 0.772. The van der Waals surface area contributed by atoms with E-state index >= 15 is 0 Å². The van der Waals surface area contributed by atoms with Crippen molar-refractivity contribution in [3.63, 3.8) is 0 Å². The largest absolute Gasteiger partial charge is 0.491 e. The number of fused-ring (bicyclic) bond motifs is 1. The molecule has 74 valence electrons. The van der Waals surface area contributed by atoms with Crippen LogP contribution >= 0.6 is 0 Å². The number of allylic oxidation sites excluding steroid dienone is 1. The van der Waals surface area contributed by atoms with E-state index in [1.54, 1.807) is 0 Å². The van der Waals surface area contributed by atoms with Gasteiger partial charge in [-0.25, -0.2) is 0 Å². The molecule has 2 nitrogen and oxygen atoms in total. The van der Waals surface area contributed by atoms with E-state index < -0.39 is 0 Å². The molecule has 0 atom stereocenters. The number of hydrogen-bond acceptors (Lipinski definition) is 2.